The predicted octanol–water partition coefficient (Wildman–Crippen LogP) is 4.16. The van der Waals surface area contributed by atoms with Crippen molar-refractivity contribution in [1.29, 1.82) is 0 Å². The zero-order valence-electron chi connectivity index (χ0n) is 16.8. The predicted molar refractivity (Wildman–Crippen MR) is 115 cm³/mol. The van der Waals surface area contributed by atoms with Gasteiger partial charge in [-0.2, -0.15) is 0 Å². The van der Waals surface area contributed by atoms with Crippen LogP contribution < -0.4 is 5.32 Å². The molecule has 0 radical (unpaired) electrons. The Labute approximate surface area is 172 Å². The summed E-state index contributed by atoms with van der Waals surface area (Å²) < 4.78 is 0. The molecule has 0 aliphatic carbocycles. The molecule has 2 aromatic rings. The van der Waals surface area contributed by atoms with Gasteiger partial charge in [0.15, 0.2) is 0 Å². The molecule has 0 aromatic heterocycles. The summed E-state index contributed by atoms with van der Waals surface area (Å²) in [6.45, 7) is 2.05. The molecule has 2 aliphatic heterocycles. The maximum atomic E-state index is 13.3. The molecule has 5 nitrogen and oxygen atoms in total. The minimum absolute atomic E-state index is 0.0957. The molecule has 29 heavy (non-hydrogen) atoms. The molecule has 2 saturated heterocycles. The lowest BCUT2D eigenvalue weighted by molar-refractivity contribution is -0.137. The lowest BCUT2D eigenvalue weighted by Crippen LogP contribution is -2.49. The number of piperidine rings is 1. The Hall–Kier alpha value is -2.82. The zero-order chi connectivity index (χ0) is 20.1. The van der Waals surface area contributed by atoms with Crippen molar-refractivity contribution in [3.63, 3.8) is 0 Å². The van der Waals surface area contributed by atoms with Gasteiger partial charge < -0.3 is 15.1 Å². The number of rotatable bonds is 4. The third-order valence-electron chi connectivity index (χ3n) is 6.06. The molecule has 2 heterocycles. The van der Waals surface area contributed by atoms with Crippen molar-refractivity contribution in [2.24, 2.45) is 5.92 Å². The first kappa shape index (κ1) is 19.5. The number of likely N-dealkylation sites (tertiary alicyclic amines) is 2. The second kappa shape index (κ2) is 9.12. The number of urea groups is 1. The van der Waals surface area contributed by atoms with Gasteiger partial charge in [0, 0.05) is 31.4 Å². The number of nitrogens with one attached hydrogen (secondary N) is 1. The third-order valence-corrected chi connectivity index (χ3v) is 6.06. The molecule has 1 N–H and O–H groups in total. The first-order valence-corrected chi connectivity index (χ1v) is 10.7. The minimum atomic E-state index is -0.115. The molecule has 152 valence electrons. The standard InChI is InChI=1S/C24H29N3O2/c28-23(27-16-8-14-22(27)17-19-9-3-1-4-10-19)20-11-7-15-26(18-20)24(29)25-21-12-5-2-6-13-21/h1-6,9-10,12-13,20,22H,7-8,11,14-18H2,(H,25,29). The van der Waals surface area contributed by atoms with Crippen LogP contribution in [0.2, 0.25) is 0 Å². The second-order valence-electron chi connectivity index (χ2n) is 8.10. The van der Waals surface area contributed by atoms with E-state index < -0.39 is 0 Å². The highest BCUT2D eigenvalue weighted by Crippen LogP contribution is 2.27. The van der Waals surface area contributed by atoms with Gasteiger partial charge in [-0.05, 0) is 49.8 Å². The van der Waals surface area contributed by atoms with E-state index in [1.807, 2.05) is 36.4 Å². The highest BCUT2D eigenvalue weighted by Gasteiger charge is 2.36. The molecule has 0 saturated carbocycles. The summed E-state index contributed by atoms with van der Waals surface area (Å²) in [5.41, 5.74) is 2.07. The van der Waals surface area contributed by atoms with E-state index in [1.165, 1.54) is 5.56 Å². The fourth-order valence-electron chi connectivity index (χ4n) is 4.55. The van der Waals surface area contributed by atoms with Gasteiger partial charge in [0.2, 0.25) is 5.91 Å². The summed E-state index contributed by atoms with van der Waals surface area (Å²) in [6.07, 6.45) is 4.77. The Kier molecular flexibility index (Phi) is 6.13. The van der Waals surface area contributed by atoms with Crippen molar-refractivity contribution in [2.75, 3.05) is 25.0 Å². The molecule has 2 atom stereocenters. The van der Waals surface area contributed by atoms with E-state index in [9.17, 15) is 9.59 Å². The first-order chi connectivity index (χ1) is 14.2. The van der Waals surface area contributed by atoms with Gasteiger partial charge >= 0.3 is 6.03 Å². The maximum Gasteiger partial charge on any atom is 0.321 e. The Morgan fingerprint density at radius 2 is 1.59 bits per heavy atom. The summed E-state index contributed by atoms with van der Waals surface area (Å²) in [6, 6.07) is 20.1. The van der Waals surface area contributed by atoms with Crippen molar-refractivity contribution >= 4 is 17.6 Å². The molecular weight excluding hydrogens is 362 g/mol. The van der Waals surface area contributed by atoms with Crippen LogP contribution in [0.15, 0.2) is 60.7 Å². The van der Waals surface area contributed by atoms with E-state index in [4.69, 9.17) is 0 Å². The van der Waals surface area contributed by atoms with Gasteiger partial charge in [-0.25, -0.2) is 4.79 Å². The largest absolute Gasteiger partial charge is 0.339 e. The van der Waals surface area contributed by atoms with Crippen LogP contribution in [-0.4, -0.2) is 47.4 Å². The van der Waals surface area contributed by atoms with Gasteiger partial charge in [-0.15, -0.1) is 0 Å². The molecule has 2 aliphatic rings. The van der Waals surface area contributed by atoms with E-state index in [-0.39, 0.29) is 23.9 Å². The topological polar surface area (TPSA) is 52.7 Å². The number of hydrogen-bond acceptors (Lipinski definition) is 2. The molecule has 5 heteroatoms. The van der Waals surface area contributed by atoms with E-state index in [0.29, 0.717) is 13.1 Å². The third kappa shape index (κ3) is 4.78. The maximum absolute atomic E-state index is 13.3. The Morgan fingerprint density at radius 3 is 2.34 bits per heavy atom. The molecule has 2 unspecified atom stereocenters. The van der Waals surface area contributed by atoms with Crippen LogP contribution >= 0.6 is 0 Å². The van der Waals surface area contributed by atoms with Gasteiger partial charge in [0.25, 0.3) is 0 Å². The van der Waals surface area contributed by atoms with Crippen molar-refractivity contribution < 1.29 is 9.59 Å². The Morgan fingerprint density at radius 1 is 0.897 bits per heavy atom. The number of benzene rings is 2. The number of para-hydroxylation sites is 1. The molecule has 4 rings (SSSR count). The number of nitrogens with zero attached hydrogens (tertiary/aromatic N) is 2. The number of amides is 3. The average molecular weight is 392 g/mol. The van der Waals surface area contributed by atoms with Crippen LogP contribution in [-0.2, 0) is 11.2 Å². The average Bonchev–Trinajstić information content (AvgIpc) is 3.23. The molecule has 0 spiro atoms. The Bertz CT molecular complexity index is 825. The second-order valence-corrected chi connectivity index (χ2v) is 8.10. The summed E-state index contributed by atoms with van der Waals surface area (Å²) in [5, 5.41) is 2.94. The van der Waals surface area contributed by atoms with Crippen LogP contribution in [0.25, 0.3) is 0 Å². The summed E-state index contributed by atoms with van der Waals surface area (Å²) in [7, 11) is 0. The van der Waals surface area contributed by atoms with Crippen LogP contribution in [0.4, 0.5) is 10.5 Å². The van der Waals surface area contributed by atoms with Crippen LogP contribution in [0.1, 0.15) is 31.2 Å². The number of hydrogen-bond donors (Lipinski definition) is 1. The van der Waals surface area contributed by atoms with Gasteiger partial charge in [0.1, 0.15) is 0 Å². The van der Waals surface area contributed by atoms with E-state index >= 15 is 0 Å². The lowest BCUT2D eigenvalue weighted by atomic mass is 9.95. The van der Waals surface area contributed by atoms with Crippen molar-refractivity contribution in [2.45, 2.75) is 38.1 Å². The van der Waals surface area contributed by atoms with Gasteiger partial charge in [0.05, 0.1) is 5.92 Å². The quantitative estimate of drug-likeness (QED) is 0.851. The van der Waals surface area contributed by atoms with Crippen LogP contribution in [0.5, 0.6) is 0 Å². The van der Waals surface area contributed by atoms with Gasteiger partial charge in [-0.1, -0.05) is 48.5 Å². The molecule has 2 aromatic carbocycles. The molecule has 3 amide bonds. The van der Waals surface area contributed by atoms with Crippen LogP contribution in [0, 0.1) is 5.92 Å². The van der Waals surface area contributed by atoms with Crippen molar-refractivity contribution in [3.05, 3.63) is 66.2 Å². The highest BCUT2D eigenvalue weighted by molar-refractivity contribution is 5.90. The molecular formula is C24H29N3O2. The summed E-state index contributed by atoms with van der Waals surface area (Å²) in [4.78, 5) is 29.8. The summed E-state index contributed by atoms with van der Waals surface area (Å²) >= 11 is 0. The van der Waals surface area contributed by atoms with E-state index in [2.05, 4.69) is 34.5 Å². The fraction of sp³-hybridized carbons (Fsp3) is 0.417. The number of carbonyl (C=O) groups is 2. The number of carbonyl (C=O) groups excluding carboxylic acids is 2. The smallest absolute Gasteiger partial charge is 0.321 e. The summed E-state index contributed by atoms with van der Waals surface area (Å²) in [5.74, 6) is 0.127. The molecule has 2 fully saturated rings. The van der Waals surface area contributed by atoms with E-state index in [1.54, 1.807) is 4.90 Å². The number of anilines is 1. The normalized spacial score (nSPS) is 21.8. The SMILES string of the molecule is O=C(Nc1ccccc1)N1CCCC(C(=O)N2CCCC2Cc2ccccc2)C1. The zero-order valence-corrected chi connectivity index (χ0v) is 16.8. The molecule has 0 bridgehead atoms. The fourth-order valence-corrected chi connectivity index (χ4v) is 4.55. The minimum Gasteiger partial charge on any atom is -0.339 e. The van der Waals surface area contributed by atoms with Gasteiger partial charge in [-0.3, -0.25) is 4.79 Å². The van der Waals surface area contributed by atoms with Crippen molar-refractivity contribution in [1.82, 2.24) is 9.80 Å². The highest BCUT2D eigenvalue weighted by atomic mass is 16.2. The van der Waals surface area contributed by atoms with Crippen LogP contribution in [0.3, 0.4) is 0 Å². The van der Waals surface area contributed by atoms with Crippen molar-refractivity contribution in [3.8, 4) is 0 Å². The monoisotopic (exact) mass is 391 g/mol. The first-order valence-electron chi connectivity index (χ1n) is 10.7. The Balaban J connectivity index is 1.37. The van der Waals surface area contributed by atoms with E-state index in [0.717, 1.165) is 44.3 Å². The lowest BCUT2D eigenvalue weighted by Gasteiger charge is -2.35.